The molecule has 0 spiro atoms. The van der Waals surface area contributed by atoms with Gasteiger partial charge in [0, 0.05) is 17.5 Å². The molecule has 4 aromatic carbocycles. The van der Waals surface area contributed by atoms with E-state index in [1.165, 1.54) is 27.8 Å². The first-order valence-corrected chi connectivity index (χ1v) is 12.6. The van der Waals surface area contributed by atoms with Crippen molar-refractivity contribution in [1.82, 2.24) is 4.98 Å². The van der Waals surface area contributed by atoms with Crippen LogP contribution >= 0.6 is 23.1 Å². The quantitative estimate of drug-likeness (QED) is 0.211. The monoisotopic (exact) mass is 464 g/mol. The van der Waals surface area contributed by atoms with Gasteiger partial charge < -0.3 is 5.11 Å². The van der Waals surface area contributed by atoms with Crippen LogP contribution in [0.25, 0.3) is 21.3 Å². The molecule has 0 unspecified atom stereocenters. The molecule has 0 fully saturated rings. The van der Waals surface area contributed by atoms with Crippen molar-refractivity contribution in [3.05, 3.63) is 107 Å². The highest BCUT2D eigenvalue weighted by Crippen LogP contribution is 2.38. The van der Waals surface area contributed by atoms with E-state index in [-0.39, 0.29) is 5.75 Å². The lowest BCUT2D eigenvalue weighted by Crippen LogP contribution is -1.85. The van der Waals surface area contributed by atoms with Crippen LogP contribution in [0.4, 0.5) is 5.69 Å². The molecular formula is C28H20N2OS2. The molecule has 0 radical (unpaired) electrons. The number of benzene rings is 4. The first kappa shape index (κ1) is 20.2. The normalized spacial score (nSPS) is 12.4. The zero-order valence-corrected chi connectivity index (χ0v) is 19.4. The summed E-state index contributed by atoms with van der Waals surface area (Å²) in [4.78, 5) is 9.32. The number of rotatable bonds is 5. The average Bonchev–Trinajstić information content (AvgIpc) is 3.42. The maximum Gasteiger partial charge on any atom is 0.151 e. The Morgan fingerprint density at radius 2 is 1.76 bits per heavy atom. The molecule has 1 heterocycles. The van der Waals surface area contributed by atoms with Gasteiger partial charge in [0.1, 0.15) is 5.75 Å². The van der Waals surface area contributed by atoms with E-state index in [0.717, 1.165) is 32.4 Å². The molecule has 1 N–H and O–H groups in total. The lowest BCUT2D eigenvalue weighted by Gasteiger charge is -2.04. The van der Waals surface area contributed by atoms with Crippen LogP contribution < -0.4 is 0 Å². The maximum atomic E-state index is 9.91. The van der Waals surface area contributed by atoms with E-state index in [1.54, 1.807) is 41.4 Å². The molecule has 3 nitrogen and oxygen atoms in total. The van der Waals surface area contributed by atoms with Crippen LogP contribution in [-0.4, -0.2) is 16.3 Å². The number of thiazole rings is 1. The number of aromatic nitrogens is 1. The van der Waals surface area contributed by atoms with Gasteiger partial charge >= 0.3 is 0 Å². The summed E-state index contributed by atoms with van der Waals surface area (Å²) in [5.41, 5.74) is 9.47. The van der Waals surface area contributed by atoms with Crippen LogP contribution in [0.1, 0.15) is 22.3 Å². The molecule has 0 saturated heterocycles. The smallest absolute Gasteiger partial charge is 0.151 e. The Hall–Kier alpha value is -3.41. The van der Waals surface area contributed by atoms with Crippen molar-refractivity contribution < 1.29 is 5.11 Å². The van der Waals surface area contributed by atoms with Crippen molar-refractivity contribution in [2.24, 2.45) is 4.99 Å². The zero-order chi connectivity index (χ0) is 22.2. The van der Waals surface area contributed by atoms with E-state index in [1.807, 2.05) is 24.3 Å². The maximum absolute atomic E-state index is 9.91. The standard InChI is InChI=1S/C28H20N2OS2/c31-26-8-4-2-6-20(26)16-29-22-10-12-25-27(15-22)33-28(30-25)32-17-18-9-11-24-21(13-18)14-19-5-1-3-7-23(19)24/h1-13,15-16,31H,14,17H2. The average molecular weight is 465 g/mol. The number of nitrogens with zero attached hydrogens (tertiary/aromatic N) is 2. The third-order valence-electron chi connectivity index (χ3n) is 5.86. The summed E-state index contributed by atoms with van der Waals surface area (Å²) in [5.74, 6) is 1.14. The number of aromatic hydroxyl groups is 1. The van der Waals surface area contributed by atoms with Crippen molar-refractivity contribution in [1.29, 1.82) is 0 Å². The fraction of sp³-hybridized carbons (Fsp3) is 0.0714. The van der Waals surface area contributed by atoms with Gasteiger partial charge in [-0.1, -0.05) is 66.4 Å². The van der Waals surface area contributed by atoms with Crippen LogP contribution in [-0.2, 0) is 12.2 Å². The van der Waals surface area contributed by atoms with E-state index in [0.29, 0.717) is 5.56 Å². The predicted octanol–water partition coefficient (Wildman–Crippen LogP) is 7.62. The van der Waals surface area contributed by atoms with Gasteiger partial charge in [-0.3, -0.25) is 4.99 Å². The third kappa shape index (κ3) is 4.06. The van der Waals surface area contributed by atoms with E-state index < -0.39 is 0 Å². The molecule has 1 aliphatic rings. The van der Waals surface area contributed by atoms with Gasteiger partial charge in [-0.05, 0) is 64.6 Å². The highest BCUT2D eigenvalue weighted by atomic mass is 32.2. The lowest BCUT2D eigenvalue weighted by atomic mass is 10.0. The lowest BCUT2D eigenvalue weighted by molar-refractivity contribution is 0.474. The molecule has 1 aromatic heterocycles. The van der Waals surface area contributed by atoms with Crippen molar-refractivity contribution in [3.63, 3.8) is 0 Å². The Morgan fingerprint density at radius 3 is 2.70 bits per heavy atom. The Morgan fingerprint density at radius 1 is 0.909 bits per heavy atom. The van der Waals surface area contributed by atoms with E-state index >= 15 is 0 Å². The number of phenolic OH excluding ortho intramolecular Hbond substituents is 1. The van der Waals surface area contributed by atoms with Gasteiger partial charge in [0.2, 0.25) is 0 Å². The minimum Gasteiger partial charge on any atom is -0.507 e. The molecule has 0 saturated carbocycles. The summed E-state index contributed by atoms with van der Waals surface area (Å²) < 4.78 is 2.18. The molecule has 0 atom stereocenters. The Bertz CT molecular complexity index is 1520. The number of hydrogen-bond acceptors (Lipinski definition) is 5. The first-order valence-electron chi connectivity index (χ1n) is 10.8. The van der Waals surface area contributed by atoms with E-state index in [9.17, 15) is 5.11 Å². The van der Waals surface area contributed by atoms with Gasteiger partial charge in [0.05, 0.1) is 15.9 Å². The minimum atomic E-state index is 0.231. The zero-order valence-electron chi connectivity index (χ0n) is 17.7. The number of thioether (sulfide) groups is 1. The van der Waals surface area contributed by atoms with Crippen LogP contribution in [0.15, 0.2) is 94.3 Å². The SMILES string of the molecule is Oc1ccccc1C=Nc1ccc2nc(SCc3ccc4c(c3)Cc3ccccc3-4)sc2c1. The molecule has 5 aromatic rings. The number of para-hydroxylation sites is 1. The summed E-state index contributed by atoms with van der Waals surface area (Å²) in [5, 5.41) is 9.91. The second-order valence-corrected chi connectivity index (χ2v) is 10.3. The Kier molecular flexibility index (Phi) is 5.21. The summed E-state index contributed by atoms with van der Waals surface area (Å²) >= 11 is 3.48. The summed E-state index contributed by atoms with van der Waals surface area (Å²) in [7, 11) is 0. The predicted molar refractivity (Wildman–Crippen MR) is 139 cm³/mol. The van der Waals surface area contributed by atoms with Crippen molar-refractivity contribution in [3.8, 4) is 16.9 Å². The first-order chi connectivity index (χ1) is 16.2. The number of phenols is 1. The van der Waals surface area contributed by atoms with Crippen molar-refractivity contribution in [2.75, 3.05) is 0 Å². The third-order valence-corrected chi connectivity index (χ3v) is 8.09. The highest BCUT2D eigenvalue weighted by Gasteiger charge is 2.18. The number of hydrogen-bond donors (Lipinski definition) is 1. The van der Waals surface area contributed by atoms with Gasteiger partial charge in [-0.2, -0.15) is 0 Å². The van der Waals surface area contributed by atoms with Crippen molar-refractivity contribution >= 4 is 45.2 Å². The largest absolute Gasteiger partial charge is 0.507 e. The fourth-order valence-corrected chi connectivity index (χ4v) is 6.25. The summed E-state index contributed by atoms with van der Waals surface area (Å²) in [6.07, 6.45) is 2.72. The van der Waals surface area contributed by atoms with Gasteiger partial charge in [0.25, 0.3) is 0 Å². The second kappa shape index (κ2) is 8.50. The number of aliphatic imine (C=N–C) groups is 1. The second-order valence-electron chi connectivity index (χ2n) is 8.06. The van der Waals surface area contributed by atoms with Crippen molar-refractivity contribution in [2.45, 2.75) is 16.5 Å². The van der Waals surface area contributed by atoms with Gasteiger partial charge in [0.15, 0.2) is 4.34 Å². The van der Waals surface area contributed by atoms with Crippen LogP contribution in [0.5, 0.6) is 5.75 Å². The molecule has 0 bridgehead atoms. The molecule has 5 heteroatoms. The Balaban J connectivity index is 1.17. The number of fused-ring (bicyclic) bond motifs is 4. The molecule has 0 aliphatic heterocycles. The van der Waals surface area contributed by atoms with E-state index in [4.69, 9.17) is 4.98 Å². The molecule has 1 aliphatic carbocycles. The summed E-state index contributed by atoms with van der Waals surface area (Å²) in [6, 6.07) is 28.8. The van der Waals surface area contributed by atoms with Gasteiger partial charge in [-0.15, -0.1) is 11.3 Å². The van der Waals surface area contributed by atoms with Crippen LogP contribution in [0.3, 0.4) is 0 Å². The fourth-order valence-electron chi connectivity index (χ4n) is 4.21. The minimum absolute atomic E-state index is 0.231. The molecule has 33 heavy (non-hydrogen) atoms. The molecule has 0 amide bonds. The topological polar surface area (TPSA) is 45.5 Å². The molecule has 6 rings (SSSR count). The summed E-state index contributed by atoms with van der Waals surface area (Å²) in [6.45, 7) is 0. The van der Waals surface area contributed by atoms with E-state index in [2.05, 4.69) is 53.5 Å². The molecular weight excluding hydrogens is 444 g/mol. The Labute approximate surface area is 200 Å². The molecule has 160 valence electrons. The highest BCUT2D eigenvalue weighted by molar-refractivity contribution is 8.00. The van der Waals surface area contributed by atoms with Gasteiger partial charge in [-0.25, -0.2) is 4.98 Å². The van der Waals surface area contributed by atoms with Crippen LogP contribution in [0.2, 0.25) is 0 Å². The van der Waals surface area contributed by atoms with Crippen LogP contribution in [0, 0.1) is 0 Å².